The lowest BCUT2D eigenvalue weighted by Crippen LogP contribution is -2.28. The van der Waals surface area contributed by atoms with Crippen LogP contribution < -0.4 is 5.73 Å². The highest BCUT2D eigenvalue weighted by Crippen LogP contribution is 2.32. The van der Waals surface area contributed by atoms with E-state index in [9.17, 15) is 0 Å². The highest BCUT2D eigenvalue weighted by atomic mass is 32.2. The first-order valence-corrected chi connectivity index (χ1v) is 8.67. The molecule has 2 N–H and O–H groups in total. The molecular weight excluding hydrogens is 284 g/mol. The van der Waals surface area contributed by atoms with Crippen molar-refractivity contribution in [2.45, 2.75) is 50.3 Å². The average Bonchev–Trinajstić information content (AvgIpc) is 2.81. The number of aryl methyl sites for hydroxylation is 2. The van der Waals surface area contributed by atoms with E-state index in [1.807, 2.05) is 11.8 Å². The molecule has 1 aromatic heterocycles. The maximum absolute atomic E-state index is 6.23. The van der Waals surface area contributed by atoms with Crippen molar-refractivity contribution in [2.75, 3.05) is 0 Å². The molecule has 20 heavy (non-hydrogen) atoms. The number of nitrogens with zero attached hydrogens (tertiary/aromatic N) is 1. The van der Waals surface area contributed by atoms with Crippen molar-refractivity contribution in [3.8, 4) is 0 Å². The molecule has 0 amide bonds. The summed E-state index contributed by atoms with van der Waals surface area (Å²) in [4.78, 5) is 7.26. The zero-order valence-electron chi connectivity index (χ0n) is 12.6. The molecule has 1 heterocycles. The maximum atomic E-state index is 6.23. The van der Waals surface area contributed by atoms with Gasteiger partial charge in [0.05, 0.1) is 11.4 Å². The van der Waals surface area contributed by atoms with Gasteiger partial charge in [0.1, 0.15) is 5.01 Å². The number of rotatable bonds is 5. The minimum atomic E-state index is -0.296. The van der Waals surface area contributed by atoms with Crippen LogP contribution in [0.3, 0.4) is 0 Å². The van der Waals surface area contributed by atoms with Crippen LogP contribution >= 0.6 is 23.1 Å². The fraction of sp³-hybridized carbons (Fsp3) is 0.438. The van der Waals surface area contributed by atoms with Crippen LogP contribution in [0, 0.1) is 6.92 Å². The van der Waals surface area contributed by atoms with Crippen molar-refractivity contribution in [3.05, 3.63) is 45.4 Å². The van der Waals surface area contributed by atoms with Crippen molar-refractivity contribution >= 4 is 23.1 Å². The molecule has 4 heteroatoms. The maximum Gasteiger partial charge on any atom is 0.103 e. The van der Waals surface area contributed by atoms with E-state index >= 15 is 0 Å². The van der Waals surface area contributed by atoms with E-state index in [1.54, 1.807) is 11.3 Å². The van der Waals surface area contributed by atoms with Crippen LogP contribution in [0.4, 0.5) is 0 Å². The van der Waals surface area contributed by atoms with Gasteiger partial charge in [0.25, 0.3) is 0 Å². The van der Waals surface area contributed by atoms with Gasteiger partial charge in [-0.05, 0) is 39.3 Å². The molecule has 0 aliphatic heterocycles. The number of thiazole rings is 1. The highest BCUT2D eigenvalue weighted by Gasteiger charge is 2.22. The highest BCUT2D eigenvalue weighted by molar-refractivity contribution is 7.98. The number of nitrogens with two attached hydrogens (primary N) is 1. The number of hydrogen-bond acceptors (Lipinski definition) is 4. The van der Waals surface area contributed by atoms with Gasteiger partial charge in [-0.25, -0.2) is 4.98 Å². The lowest BCUT2D eigenvalue weighted by atomic mass is 10.0. The molecule has 0 bridgehead atoms. The molecule has 0 fully saturated rings. The summed E-state index contributed by atoms with van der Waals surface area (Å²) in [7, 11) is 0. The summed E-state index contributed by atoms with van der Waals surface area (Å²) in [5.41, 5.74) is 8.39. The second kappa shape index (κ2) is 6.29. The summed E-state index contributed by atoms with van der Waals surface area (Å²) in [6.45, 7) is 8.35. The normalized spacial score (nSPS) is 11.8. The van der Waals surface area contributed by atoms with Crippen LogP contribution in [0.25, 0.3) is 0 Å². The van der Waals surface area contributed by atoms with Crippen molar-refractivity contribution < 1.29 is 0 Å². The van der Waals surface area contributed by atoms with Gasteiger partial charge in [-0.1, -0.05) is 24.6 Å². The standard InChI is InChI=1S/C16H22N2S2/c1-5-13-15(16(3,4)17)20-14(18-13)10-19-12-8-6-11(2)7-9-12/h6-9H,5,10,17H2,1-4H3. The first-order valence-electron chi connectivity index (χ1n) is 6.87. The van der Waals surface area contributed by atoms with Crippen LogP contribution in [-0.2, 0) is 17.7 Å². The van der Waals surface area contributed by atoms with Gasteiger partial charge < -0.3 is 5.73 Å². The summed E-state index contributed by atoms with van der Waals surface area (Å²) < 4.78 is 0. The van der Waals surface area contributed by atoms with Crippen LogP contribution in [-0.4, -0.2) is 4.98 Å². The van der Waals surface area contributed by atoms with Gasteiger partial charge in [0, 0.05) is 15.3 Å². The molecule has 2 nitrogen and oxygen atoms in total. The predicted molar refractivity (Wildman–Crippen MR) is 89.4 cm³/mol. The number of benzene rings is 1. The molecule has 0 radical (unpaired) electrons. The number of thioether (sulfide) groups is 1. The average molecular weight is 307 g/mol. The van der Waals surface area contributed by atoms with Crippen molar-refractivity contribution in [3.63, 3.8) is 0 Å². The lowest BCUT2D eigenvalue weighted by molar-refractivity contribution is 0.559. The molecule has 0 saturated carbocycles. The summed E-state index contributed by atoms with van der Waals surface area (Å²) >= 11 is 3.59. The number of hydrogen-bond donors (Lipinski definition) is 1. The van der Waals surface area contributed by atoms with Gasteiger partial charge >= 0.3 is 0 Å². The van der Waals surface area contributed by atoms with Gasteiger partial charge in [-0.15, -0.1) is 23.1 Å². The minimum Gasteiger partial charge on any atom is -0.321 e. The van der Waals surface area contributed by atoms with E-state index in [-0.39, 0.29) is 5.54 Å². The Morgan fingerprint density at radius 2 is 1.90 bits per heavy atom. The van der Waals surface area contributed by atoms with Gasteiger partial charge in [0.15, 0.2) is 0 Å². The molecular formula is C16H22N2S2. The van der Waals surface area contributed by atoms with E-state index in [0.717, 1.165) is 17.9 Å². The monoisotopic (exact) mass is 306 g/mol. The first-order chi connectivity index (χ1) is 9.40. The van der Waals surface area contributed by atoms with E-state index in [4.69, 9.17) is 10.7 Å². The third kappa shape index (κ3) is 3.84. The van der Waals surface area contributed by atoms with E-state index < -0.39 is 0 Å². The Morgan fingerprint density at radius 1 is 1.25 bits per heavy atom. The third-order valence-corrected chi connectivity index (χ3v) is 5.69. The van der Waals surface area contributed by atoms with E-state index in [2.05, 4.69) is 52.0 Å². The zero-order chi connectivity index (χ0) is 14.8. The molecule has 0 unspecified atom stereocenters. The third-order valence-electron chi connectivity index (χ3n) is 3.05. The number of aromatic nitrogens is 1. The Morgan fingerprint density at radius 3 is 2.40 bits per heavy atom. The van der Waals surface area contributed by atoms with Gasteiger partial charge in [-0.3, -0.25) is 0 Å². The molecule has 0 spiro atoms. The molecule has 0 aliphatic rings. The fourth-order valence-electron chi connectivity index (χ4n) is 1.99. The largest absolute Gasteiger partial charge is 0.321 e. The molecule has 108 valence electrons. The Kier molecular flexibility index (Phi) is 4.89. The quantitative estimate of drug-likeness (QED) is 0.827. The molecule has 0 atom stereocenters. The van der Waals surface area contributed by atoms with Crippen molar-refractivity contribution in [1.29, 1.82) is 0 Å². The van der Waals surface area contributed by atoms with E-state index in [0.29, 0.717) is 0 Å². The van der Waals surface area contributed by atoms with Crippen LogP contribution in [0.1, 0.15) is 41.9 Å². The topological polar surface area (TPSA) is 38.9 Å². The summed E-state index contributed by atoms with van der Waals surface area (Å²) in [6.07, 6.45) is 0.946. The molecule has 0 aliphatic carbocycles. The van der Waals surface area contributed by atoms with Crippen LogP contribution in [0.2, 0.25) is 0 Å². The minimum absolute atomic E-state index is 0.296. The van der Waals surface area contributed by atoms with Crippen LogP contribution in [0.5, 0.6) is 0 Å². The summed E-state index contributed by atoms with van der Waals surface area (Å²) in [5, 5.41) is 1.17. The lowest BCUT2D eigenvalue weighted by Gasteiger charge is -2.17. The molecule has 1 aromatic carbocycles. The Labute approximate surface area is 129 Å². The molecule has 2 rings (SSSR count). The summed E-state index contributed by atoms with van der Waals surface area (Å²) in [6, 6.07) is 8.64. The summed E-state index contributed by atoms with van der Waals surface area (Å²) in [5.74, 6) is 0.913. The second-order valence-electron chi connectivity index (χ2n) is 5.56. The van der Waals surface area contributed by atoms with Gasteiger partial charge in [-0.2, -0.15) is 0 Å². The first kappa shape index (κ1) is 15.5. The second-order valence-corrected chi connectivity index (χ2v) is 7.69. The zero-order valence-corrected chi connectivity index (χ0v) is 14.2. The Balaban J connectivity index is 2.10. The SMILES string of the molecule is CCc1nc(CSc2ccc(C)cc2)sc1C(C)(C)N. The van der Waals surface area contributed by atoms with Crippen LogP contribution in [0.15, 0.2) is 29.2 Å². The van der Waals surface area contributed by atoms with Gasteiger partial charge in [0.2, 0.25) is 0 Å². The van der Waals surface area contributed by atoms with Crippen molar-refractivity contribution in [1.82, 2.24) is 4.98 Å². The van der Waals surface area contributed by atoms with Crippen molar-refractivity contribution in [2.24, 2.45) is 5.73 Å². The predicted octanol–water partition coefficient (Wildman–Crippen LogP) is 4.50. The smallest absolute Gasteiger partial charge is 0.103 e. The van der Waals surface area contributed by atoms with E-state index in [1.165, 1.54) is 20.3 Å². The molecule has 2 aromatic rings. The Hall–Kier alpha value is -0.840. The fourth-order valence-corrected chi connectivity index (χ4v) is 4.04. The Bertz CT molecular complexity index is 565. The molecule has 0 saturated heterocycles.